The standard InChI is InChI=1S/C12H16N2O4S2/c1-8-5-19-9(11(15)18-4)10(8)20(16,17)14-7-12(2,3)6-13/h5,14H,7H2,1-4H3. The van der Waals surface area contributed by atoms with Gasteiger partial charge in [-0.05, 0) is 31.7 Å². The summed E-state index contributed by atoms with van der Waals surface area (Å²) in [5.41, 5.74) is -0.361. The van der Waals surface area contributed by atoms with E-state index < -0.39 is 21.4 Å². The minimum absolute atomic E-state index is 0.0345. The highest BCUT2D eigenvalue weighted by Crippen LogP contribution is 2.27. The monoisotopic (exact) mass is 316 g/mol. The van der Waals surface area contributed by atoms with Gasteiger partial charge in [-0.25, -0.2) is 17.9 Å². The molecule has 1 heterocycles. The number of hydrogen-bond acceptors (Lipinski definition) is 6. The van der Waals surface area contributed by atoms with Crippen LogP contribution < -0.4 is 4.72 Å². The van der Waals surface area contributed by atoms with E-state index in [1.165, 1.54) is 7.11 Å². The number of nitrogens with zero attached hydrogens (tertiary/aromatic N) is 1. The van der Waals surface area contributed by atoms with Gasteiger partial charge in [-0.2, -0.15) is 5.26 Å². The maximum Gasteiger partial charge on any atom is 0.349 e. The molecular formula is C12H16N2O4S2. The number of sulfonamides is 1. The van der Waals surface area contributed by atoms with Crippen LogP contribution in [0.5, 0.6) is 0 Å². The molecule has 20 heavy (non-hydrogen) atoms. The van der Waals surface area contributed by atoms with Crippen molar-refractivity contribution in [2.24, 2.45) is 5.41 Å². The number of methoxy groups -OCH3 is 1. The van der Waals surface area contributed by atoms with Gasteiger partial charge in [-0.3, -0.25) is 0 Å². The number of nitriles is 1. The van der Waals surface area contributed by atoms with E-state index in [4.69, 9.17) is 5.26 Å². The van der Waals surface area contributed by atoms with E-state index in [9.17, 15) is 13.2 Å². The molecule has 0 aromatic carbocycles. The Balaban J connectivity index is 3.14. The van der Waals surface area contributed by atoms with Crippen LogP contribution in [0.1, 0.15) is 29.1 Å². The summed E-state index contributed by atoms with van der Waals surface area (Å²) in [6.07, 6.45) is 0. The third-order valence-corrected chi connectivity index (χ3v) is 5.36. The average Bonchev–Trinajstić information content (AvgIpc) is 2.78. The van der Waals surface area contributed by atoms with E-state index >= 15 is 0 Å². The molecule has 0 bridgehead atoms. The number of hydrogen-bond donors (Lipinski definition) is 1. The van der Waals surface area contributed by atoms with E-state index in [1.54, 1.807) is 26.2 Å². The van der Waals surface area contributed by atoms with E-state index in [2.05, 4.69) is 9.46 Å². The molecule has 0 saturated heterocycles. The van der Waals surface area contributed by atoms with Crippen LogP contribution in [-0.2, 0) is 14.8 Å². The Bertz CT molecular complexity index is 653. The van der Waals surface area contributed by atoms with Gasteiger partial charge in [0.15, 0.2) is 0 Å². The molecule has 0 fully saturated rings. The van der Waals surface area contributed by atoms with Gasteiger partial charge in [0, 0.05) is 6.54 Å². The second-order valence-electron chi connectivity index (χ2n) is 4.89. The van der Waals surface area contributed by atoms with Crippen LogP contribution >= 0.6 is 11.3 Å². The molecule has 0 aliphatic carbocycles. The molecule has 110 valence electrons. The van der Waals surface area contributed by atoms with Gasteiger partial charge in [0.2, 0.25) is 10.0 Å². The van der Waals surface area contributed by atoms with E-state index in [-0.39, 0.29) is 16.3 Å². The van der Waals surface area contributed by atoms with Crippen LogP contribution in [0.3, 0.4) is 0 Å². The molecule has 0 aliphatic heterocycles. The lowest BCUT2D eigenvalue weighted by molar-refractivity contribution is 0.0602. The van der Waals surface area contributed by atoms with E-state index in [0.717, 1.165) is 11.3 Å². The highest BCUT2D eigenvalue weighted by atomic mass is 32.2. The number of aryl methyl sites for hydroxylation is 1. The fourth-order valence-electron chi connectivity index (χ4n) is 1.39. The van der Waals surface area contributed by atoms with Gasteiger partial charge in [0.1, 0.15) is 9.77 Å². The number of nitrogens with one attached hydrogen (secondary N) is 1. The average molecular weight is 316 g/mol. The second-order valence-corrected chi connectivity index (χ2v) is 7.47. The first-order chi connectivity index (χ1) is 9.14. The van der Waals surface area contributed by atoms with Crippen molar-refractivity contribution in [3.63, 3.8) is 0 Å². The topological polar surface area (TPSA) is 96.3 Å². The van der Waals surface area contributed by atoms with Crippen molar-refractivity contribution < 1.29 is 17.9 Å². The summed E-state index contributed by atoms with van der Waals surface area (Å²) >= 11 is 1.02. The molecule has 6 nitrogen and oxygen atoms in total. The van der Waals surface area contributed by atoms with Gasteiger partial charge in [-0.1, -0.05) is 0 Å². The van der Waals surface area contributed by atoms with Gasteiger partial charge < -0.3 is 4.74 Å². The molecule has 0 radical (unpaired) electrons. The van der Waals surface area contributed by atoms with Gasteiger partial charge in [0.25, 0.3) is 0 Å². The molecule has 1 aromatic heterocycles. The fourth-order valence-corrected chi connectivity index (χ4v) is 4.30. The molecule has 1 rings (SSSR count). The molecule has 1 N–H and O–H groups in total. The summed E-state index contributed by atoms with van der Waals surface area (Å²) in [6.45, 7) is 4.81. The Hall–Kier alpha value is -1.43. The highest BCUT2D eigenvalue weighted by Gasteiger charge is 2.29. The third-order valence-electron chi connectivity index (χ3n) is 2.56. The predicted octanol–water partition coefficient (Wildman–Crippen LogP) is 1.67. The highest BCUT2D eigenvalue weighted by molar-refractivity contribution is 7.89. The molecule has 0 spiro atoms. The Morgan fingerprint density at radius 3 is 2.65 bits per heavy atom. The SMILES string of the molecule is COC(=O)c1scc(C)c1S(=O)(=O)NCC(C)(C)C#N. The van der Waals surface area contributed by atoms with Crippen LogP contribution in [-0.4, -0.2) is 28.0 Å². The third kappa shape index (κ3) is 3.56. The zero-order valence-electron chi connectivity index (χ0n) is 11.7. The number of carbonyl (C=O) groups excluding carboxylic acids is 1. The van der Waals surface area contributed by atoms with Crippen molar-refractivity contribution in [1.29, 1.82) is 5.26 Å². The largest absolute Gasteiger partial charge is 0.465 e. The normalized spacial score (nSPS) is 11.9. The Morgan fingerprint density at radius 2 is 2.15 bits per heavy atom. The first-order valence-corrected chi connectivity index (χ1v) is 8.08. The van der Waals surface area contributed by atoms with Crippen LogP contribution in [0.2, 0.25) is 0 Å². The summed E-state index contributed by atoms with van der Waals surface area (Å²) in [7, 11) is -2.67. The van der Waals surface area contributed by atoms with Gasteiger partial charge in [-0.15, -0.1) is 11.3 Å². The molecule has 0 unspecified atom stereocenters. The summed E-state index contributed by atoms with van der Waals surface area (Å²) in [4.78, 5) is 11.5. The molecule has 1 aromatic rings. The number of rotatable bonds is 5. The summed E-state index contributed by atoms with van der Waals surface area (Å²) in [6, 6.07) is 2.01. The Morgan fingerprint density at radius 1 is 1.55 bits per heavy atom. The summed E-state index contributed by atoms with van der Waals surface area (Å²) in [5, 5.41) is 10.5. The first kappa shape index (κ1) is 16.6. The number of carbonyl (C=O) groups is 1. The summed E-state index contributed by atoms with van der Waals surface area (Å²) < 4.78 is 31.5. The zero-order valence-corrected chi connectivity index (χ0v) is 13.3. The maximum atomic E-state index is 12.3. The molecular weight excluding hydrogens is 300 g/mol. The quantitative estimate of drug-likeness (QED) is 0.834. The van der Waals surface area contributed by atoms with Crippen molar-refractivity contribution in [3.8, 4) is 6.07 Å². The van der Waals surface area contributed by atoms with Crippen LogP contribution in [0.15, 0.2) is 10.3 Å². The fraction of sp³-hybridized carbons (Fsp3) is 0.500. The predicted molar refractivity (Wildman–Crippen MR) is 75.0 cm³/mol. The second kappa shape index (κ2) is 5.91. The number of thiophene rings is 1. The zero-order chi connectivity index (χ0) is 15.6. The van der Waals surface area contributed by atoms with Crippen molar-refractivity contribution in [3.05, 3.63) is 15.8 Å². The first-order valence-electron chi connectivity index (χ1n) is 5.72. The van der Waals surface area contributed by atoms with Gasteiger partial charge >= 0.3 is 5.97 Å². The lowest BCUT2D eigenvalue weighted by Gasteiger charge is -2.16. The minimum Gasteiger partial charge on any atom is -0.465 e. The van der Waals surface area contributed by atoms with Crippen LogP contribution in [0.25, 0.3) is 0 Å². The van der Waals surface area contributed by atoms with Crippen LogP contribution in [0, 0.1) is 23.7 Å². The van der Waals surface area contributed by atoms with Crippen molar-refractivity contribution in [1.82, 2.24) is 4.72 Å². The van der Waals surface area contributed by atoms with Crippen molar-refractivity contribution >= 4 is 27.3 Å². The lowest BCUT2D eigenvalue weighted by atomic mass is 9.97. The maximum absolute atomic E-state index is 12.3. The molecule has 0 aliphatic rings. The number of ether oxygens (including phenoxy) is 1. The Labute approximate surface area is 122 Å². The Kier molecular flexibility index (Phi) is 4.91. The molecule has 8 heteroatoms. The smallest absolute Gasteiger partial charge is 0.349 e. The van der Waals surface area contributed by atoms with Crippen LogP contribution in [0.4, 0.5) is 0 Å². The van der Waals surface area contributed by atoms with Crippen molar-refractivity contribution in [2.45, 2.75) is 25.7 Å². The van der Waals surface area contributed by atoms with Crippen molar-refractivity contribution in [2.75, 3.05) is 13.7 Å². The molecule has 0 atom stereocenters. The van der Waals surface area contributed by atoms with E-state index in [1.807, 2.05) is 6.07 Å². The molecule has 0 saturated carbocycles. The van der Waals surface area contributed by atoms with E-state index in [0.29, 0.717) is 5.56 Å². The molecule has 0 amide bonds. The lowest BCUT2D eigenvalue weighted by Crippen LogP contribution is -2.34. The van der Waals surface area contributed by atoms with Gasteiger partial charge in [0.05, 0.1) is 18.6 Å². The number of esters is 1. The summed E-state index contributed by atoms with van der Waals surface area (Å²) in [5.74, 6) is -0.692. The minimum atomic E-state index is -3.87.